The quantitative estimate of drug-likeness (QED) is 0.822. The van der Waals surface area contributed by atoms with Crippen LogP contribution in [0.15, 0.2) is 12.4 Å². The van der Waals surface area contributed by atoms with Crippen LogP contribution in [-0.2, 0) is 14.8 Å². The molecule has 0 amide bonds. The van der Waals surface area contributed by atoms with Crippen LogP contribution < -0.4 is 4.90 Å². The van der Waals surface area contributed by atoms with Gasteiger partial charge in [-0.3, -0.25) is 4.79 Å². The van der Waals surface area contributed by atoms with Crippen molar-refractivity contribution in [3.8, 4) is 0 Å². The smallest absolute Gasteiger partial charge is 0.311 e. The number of carboxylic acids is 1. The molecule has 1 aromatic rings. The highest BCUT2D eigenvalue weighted by Gasteiger charge is 2.55. The SMILES string of the molecule is CS(=O)(=O)N1C[C@@H]2CN(c3ncc(F)cn3)CCC[C@]2(C(=O)O)C1. The molecule has 0 radical (unpaired) electrons. The van der Waals surface area contributed by atoms with Gasteiger partial charge in [0.05, 0.1) is 24.1 Å². The van der Waals surface area contributed by atoms with Crippen LogP contribution in [0.3, 0.4) is 0 Å². The van der Waals surface area contributed by atoms with Gasteiger partial charge < -0.3 is 10.0 Å². The number of carbonyl (C=O) groups is 1. The van der Waals surface area contributed by atoms with Gasteiger partial charge in [0.1, 0.15) is 0 Å². The van der Waals surface area contributed by atoms with Crippen LogP contribution in [-0.4, -0.2) is 66.2 Å². The molecule has 1 aromatic heterocycles. The molecule has 3 heterocycles. The molecule has 0 spiro atoms. The number of hydrogen-bond donors (Lipinski definition) is 1. The molecule has 10 heteroatoms. The van der Waals surface area contributed by atoms with Gasteiger partial charge in [0.15, 0.2) is 5.82 Å². The number of aromatic nitrogens is 2. The van der Waals surface area contributed by atoms with Crippen molar-refractivity contribution in [2.45, 2.75) is 12.8 Å². The zero-order valence-electron chi connectivity index (χ0n) is 13.2. The van der Waals surface area contributed by atoms with Gasteiger partial charge in [0.25, 0.3) is 0 Å². The van der Waals surface area contributed by atoms with Crippen LogP contribution in [0.1, 0.15) is 12.8 Å². The van der Waals surface area contributed by atoms with E-state index in [0.717, 1.165) is 18.6 Å². The van der Waals surface area contributed by atoms with Crippen LogP contribution >= 0.6 is 0 Å². The van der Waals surface area contributed by atoms with Gasteiger partial charge in [-0.15, -0.1) is 0 Å². The number of anilines is 1. The van der Waals surface area contributed by atoms with E-state index >= 15 is 0 Å². The van der Waals surface area contributed by atoms with Gasteiger partial charge in [0, 0.05) is 32.1 Å². The molecule has 0 aliphatic carbocycles. The van der Waals surface area contributed by atoms with Gasteiger partial charge in [-0.1, -0.05) is 0 Å². The Hall–Kier alpha value is -1.81. The predicted octanol–water partition coefficient (Wildman–Crippen LogP) is 0.178. The normalized spacial score (nSPS) is 28.4. The molecule has 0 saturated carbocycles. The lowest BCUT2D eigenvalue weighted by molar-refractivity contribution is -0.150. The number of sulfonamides is 1. The van der Waals surface area contributed by atoms with Crippen LogP contribution in [0, 0.1) is 17.2 Å². The third-order valence-electron chi connectivity index (χ3n) is 4.94. The van der Waals surface area contributed by atoms with Crippen molar-refractivity contribution in [1.82, 2.24) is 14.3 Å². The Morgan fingerprint density at radius 3 is 2.62 bits per heavy atom. The minimum absolute atomic E-state index is 0.00997. The number of aliphatic carboxylic acids is 1. The number of hydrogen-bond acceptors (Lipinski definition) is 6. The Kier molecular flexibility index (Phi) is 4.20. The maximum absolute atomic E-state index is 13.0. The summed E-state index contributed by atoms with van der Waals surface area (Å²) in [5, 5.41) is 9.78. The minimum atomic E-state index is -3.46. The average molecular weight is 358 g/mol. The number of rotatable bonds is 3. The average Bonchev–Trinajstić information content (AvgIpc) is 2.78. The highest BCUT2D eigenvalue weighted by molar-refractivity contribution is 7.88. The fourth-order valence-corrected chi connectivity index (χ4v) is 4.56. The lowest BCUT2D eigenvalue weighted by Crippen LogP contribution is -2.41. The van der Waals surface area contributed by atoms with Gasteiger partial charge in [0.2, 0.25) is 16.0 Å². The van der Waals surface area contributed by atoms with E-state index in [1.54, 1.807) is 4.90 Å². The summed E-state index contributed by atoms with van der Waals surface area (Å²) in [5.74, 6) is -1.56. The standard InChI is InChI=1S/C14H19FN4O4S/c1-24(22,23)19-8-10-7-18(13-16-5-11(15)6-17-13)4-2-3-14(10,9-19)12(20)21/h5-6,10H,2-4,7-9H2,1H3,(H,20,21)/t10-,14-/m0/s1. The highest BCUT2D eigenvalue weighted by Crippen LogP contribution is 2.44. The molecule has 2 saturated heterocycles. The fourth-order valence-electron chi connectivity index (χ4n) is 3.64. The van der Waals surface area contributed by atoms with Crippen molar-refractivity contribution < 1.29 is 22.7 Å². The van der Waals surface area contributed by atoms with E-state index < -0.39 is 27.2 Å². The second-order valence-electron chi connectivity index (χ2n) is 6.46. The summed E-state index contributed by atoms with van der Waals surface area (Å²) in [6.07, 6.45) is 4.18. The molecule has 1 N–H and O–H groups in total. The Bertz CT molecular complexity index is 742. The Morgan fingerprint density at radius 1 is 1.38 bits per heavy atom. The monoisotopic (exact) mass is 358 g/mol. The molecule has 24 heavy (non-hydrogen) atoms. The summed E-state index contributed by atoms with van der Waals surface area (Å²) < 4.78 is 38.0. The van der Waals surface area contributed by atoms with E-state index in [-0.39, 0.29) is 19.0 Å². The summed E-state index contributed by atoms with van der Waals surface area (Å²) in [4.78, 5) is 21.7. The van der Waals surface area contributed by atoms with Gasteiger partial charge in [-0.05, 0) is 12.8 Å². The molecule has 8 nitrogen and oxygen atoms in total. The molecule has 2 fully saturated rings. The third kappa shape index (κ3) is 2.95. The first-order chi connectivity index (χ1) is 11.2. The molecule has 2 atom stereocenters. The molecule has 0 aromatic carbocycles. The molecule has 3 rings (SSSR count). The molecule has 2 aliphatic rings. The highest BCUT2D eigenvalue weighted by atomic mass is 32.2. The Morgan fingerprint density at radius 2 is 2.04 bits per heavy atom. The van der Waals surface area contributed by atoms with E-state index in [1.807, 2.05) is 0 Å². The van der Waals surface area contributed by atoms with Crippen LogP contribution in [0.4, 0.5) is 10.3 Å². The first-order valence-electron chi connectivity index (χ1n) is 7.63. The number of carboxylic acid groups (broad SMARTS) is 1. The Labute approximate surface area is 139 Å². The minimum Gasteiger partial charge on any atom is -0.481 e. The molecule has 0 unspecified atom stereocenters. The first kappa shape index (κ1) is 17.0. The van der Waals surface area contributed by atoms with Gasteiger partial charge >= 0.3 is 5.97 Å². The molecular weight excluding hydrogens is 339 g/mol. The van der Waals surface area contributed by atoms with Crippen molar-refractivity contribution in [3.63, 3.8) is 0 Å². The molecule has 0 bridgehead atoms. The number of halogens is 1. The predicted molar refractivity (Wildman–Crippen MR) is 83.4 cm³/mol. The summed E-state index contributed by atoms with van der Waals surface area (Å²) in [6, 6.07) is 0. The lowest BCUT2D eigenvalue weighted by atomic mass is 9.75. The number of nitrogens with zero attached hydrogens (tertiary/aromatic N) is 4. The van der Waals surface area contributed by atoms with Crippen molar-refractivity contribution >= 4 is 21.9 Å². The van der Waals surface area contributed by atoms with Crippen LogP contribution in [0.25, 0.3) is 0 Å². The summed E-state index contributed by atoms with van der Waals surface area (Å²) in [6.45, 7) is 1.02. The number of fused-ring (bicyclic) bond motifs is 1. The maximum atomic E-state index is 13.0. The third-order valence-corrected chi connectivity index (χ3v) is 6.16. The van der Waals surface area contributed by atoms with Crippen molar-refractivity contribution in [3.05, 3.63) is 18.2 Å². The largest absolute Gasteiger partial charge is 0.481 e. The Balaban J connectivity index is 1.91. The van der Waals surface area contributed by atoms with Crippen molar-refractivity contribution in [1.29, 1.82) is 0 Å². The van der Waals surface area contributed by atoms with Gasteiger partial charge in [-0.2, -0.15) is 0 Å². The second kappa shape index (κ2) is 5.92. The first-order valence-corrected chi connectivity index (χ1v) is 9.48. The maximum Gasteiger partial charge on any atom is 0.311 e. The van der Waals surface area contributed by atoms with E-state index in [1.165, 1.54) is 4.31 Å². The summed E-state index contributed by atoms with van der Waals surface area (Å²) in [7, 11) is -3.46. The zero-order valence-corrected chi connectivity index (χ0v) is 14.0. The van der Waals surface area contributed by atoms with E-state index in [2.05, 4.69) is 9.97 Å². The summed E-state index contributed by atoms with van der Waals surface area (Å²) >= 11 is 0. The van der Waals surface area contributed by atoms with Gasteiger partial charge in [-0.25, -0.2) is 27.1 Å². The van der Waals surface area contributed by atoms with E-state index in [0.29, 0.717) is 31.9 Å². The molecule has 132 valence electrons. The molecular formula is C14H19FN4O4S. The van der Waals surface area contributed by atoms with Crippen LogP contribution in [0.2, 0.25) is 0 Å². The van der Waals surface area contributed by atoms with Crippen LogP contribution in [0.5, 0.6) is 0 Å². The van der Waals surface area contributed by atoms with E-state index in [9.17, 15) is 22.7 Å². The topological polar surface area (TPSA) is 104 Å². The van der Waals surface area contributed by atoms with Crippen molar-refractivity contribution in [2.75, 3.05) is 37.3 Å². The lowest BCUT2D eigenvalue weighted by Gasteiger charge is -2.29. The second-order valence-corrected chi connectivity index (χ2v) is 8.45. The molecule has 2 aliphatic heterocycles. The summed E-state index contributed by atoms with van der Waals surface area (Å²) in [5.41, 5.74) is -1.10. The van der Waals surface area contributed by atoms with E-state index in [4.69, 9.17) is 0 Å². The fraction of sp³-hybridized carbons (Fsp3) is 0.643. The zero-order chi connectivity index (χ0) is 17.5. The van der Waals surface area contributed by atoms with Crippen molar-refractivity contribution in [2.24, 2.45) is 11.3 Å².